The van der Waals surface area contributed by atoms with Crippen LogP contribution < -0.4 is 11.8 Å². The summed E-state index contributed by atoms with van der Waals surface area (Å²) in [4.78, 5) is 8.88. The molecule has 11 heavy (non-hydrogen) atoms. The molecule has 0 bridgehead atoms. The molecule has 0 aliphatic carbocycles. The summed E-state index contributed by atoms with van der Waals surface area (Å²) in [6.07, 6.45) is -0.684. The number of hydrogen-bond acceptors (Lipinski definition) is 4. The molecule has 4 nitrogen and oxygen atoms in total. The van der Waals surface area contributed by atoms with Crippen LogP contribution in [0.15, 0.2) is 30.3 Å². The van der Waals surface area contributed by atoms with Crippen molar-refractivity contribution in [2.75, 3.05) is 0 Å². The van der Waals surface area contributed by atoms with Crippen molar-refractivity contribution in [2.24, 2.45) is 11.8 Å². The summed E-state index contributed by atoms with van der Waals surface area (Å²) in [6.45, 7) is 0. The summed E-state index contributed by atoms with van der Waals surface area (Å²) in [5.74, 6) is 9.82. The highest BCUT2D eigenvalue weighted by molar-refractivity contribution is 5.15. The van der Waals surface area contributed by atoms with Gasteiger partial charge in [0, 0.05) is 5.56 Å². The van der Waals surface area contributed by atoms with Crippen molar-refractivity contribution in [1.82, 2.24) is 0 Å². The van der Waals surface area contributed by atoms with E-state index in [-0.39, 0.29) is 0 Å². The van der Waals surface area contributed by atoms with Crippen LogP contribution in [0.1, 0.15) is 11.9 Å². The van der Waals surface area contributed by atoms with E-state index in [4.69, 9.17) is 11.8 Å². The fourth-order valence-corrected chi connectivity index (χ4v) is 0.799. The van der Waals surface area contributed by atoms with E-state index < -0.39 is 6.29 Å². The number of hydrogen-bond donors (Lipinski definition) is 2. The first-order valence-corrected chi connectivity index (χ1v) is 3.14. The van der Waals surface area contributed by atoms with Crippen LogP contribution in [-0.4, -0.2) is 0 Å². The zero-order valence-electron chi connectivity index (χ0n) is 5.94. The van der Waals surface area contributed by atoms with Crippen molar-refractivity contribution in [3.05, 3.63) is 35.9 Å². The Morgan fingerprint density at radius 2 is 1.55 bits per heavy atom. The Hall–Kier alpha value is -0.940. The van der Waals surface area contributed by atoms with Gasteiger partial charge < -0.3 is 0 Å². The Morgan fingerprint density at radius 1 is 1.00 bits per heavy atom. The molecule has 0 heterocycles. The van der Waals surface area contributed by atoms with Crippen molar-refractivity contribution in [3.63, 3.8) is 0 Å². The van der Waals surface area contributed by atoms with Crippen LogP contribution in [0.3, 0.4) is 0 Å². The maximum atomic E-state index is 4.91. The third-order valence-electron chi connectivity index (χ3n) is 1.32. The van der Waals surface area contributed by atoms with E-state index in [1.54, 1.807) is 0 Å². The molecule has 1 aromatic rings. The summed E-state index contributed by atoms with van der Waals surface area (Å²) in [6, 6.07) is 9.20. The second-order valence-electron chi connectivity index (χ2n) is 2.01. The Balaban J connectivity index is 2.74. The van der Waals surface area contributed by atoms with Crippen LogP contribution in [0.5, 0.6) is 0 Å². The van der Waals surface area contributed by atoms with Gasteiger partial charge in [0.15, 0.2) is 0 Å². The summed E-state index contributed by atoms with van der Waals surface area (Å²) in [5.41, 5.74) is 0.789. The summed E-state index contributed by atoms with van der Waals surface area (Å²) in [7, 11) is 0. The molecule has 4 heteroatoms. The molecule has 0 radical (unpaired) electrons. The lowest BCUT2D eigenvalue weighted by Gasteiger charge is -2.10. The van der Waals surface area contributed by atoms with Crippen molar-refractivity contribution in [2.45, 2.75) is 6.29 Å². The van der Waals surface area contributed by atoms with Crippen LogP contribution >= 0.6 is 0 Å². The van der Waals surface area contributed by atoms with E-state index in [1.807, 2.05) is 30.3 Å². The lowest BCUT2D eigenvalue weighted by molar-refractivity contribution is -0.152. The largest absolute Gasteiger partial charge is 0.266 e. The van der Waals surface area contributed by atoms with E-state index in [9.17, 15) is 0 Å². The second kappa shape index (κ2) is 4.05. The van der Waals surface area contributed by atoms with Crippen LogP contribution in [0.2, 0.25) is 0 Å². The van der Waals surface area contributed by atoms with Gasteiger partial charge in [0.05, 0.1) is 0 Å². The second-order valence-corrected chi connectivity index (χ2v) is 2.01. The van der Waals surface area contributed by atoms with E-state index in [1.165, 1.54) is 0 Å². The third-order valence-corrected chi connectivity index (χ3v) is 1.32. The van der Waals surface area contributed by atoms with Crippen molar-refractivity contribution >= 4 is 0 Å². The van der Waals surface area contributed by atoms with E-state index in [0.29, 0.717) is 0 Å². The number of benzene rings is 1. The highest BCUT2D eigenvalue weighted by Gasteiger charge is 2.07. The number of rotatable bonds is 3. The molecule has 0 spiro atoms. The molecular weight excluding hydrogens is 144 g/mol. The first-order chi connectivity index (χ1) is 5.38. The van der Waals surface area contributed by atoms with Crippen LogP contribution in [0, 0.1) is 0 Å². The standard InChI is InChI=1S/C7H10N2O2/c8-10-7(11-9)6-4-2-1-3-5-6/h1-5,7H,8-9H2. The van der Waals surface area contributed by atoms with Gasteiger partial charge in [-0.3, -0.25) is 9.68 Å². The molecule has 0 atom stereocenters. The fourth-order valence-electron chi connectivity index (χ4n) is 0.799. The average molecular weight is 154 g/mol. The molecule has 1 aromatic carbocycles. The predicted octanol–water partition coefficient (Wildman–Crippen LogP) is 0.466. The average Bonchev–Trinajstić information content (AvgIpc) is 2.09. The molecule has 0 aliphatic rings. The molecule has 0 aromatic heterocycles. The smallest absolute Gasteiger partial charge is 0.221 e. The zero-order valence-corrected chi connectivity index (χ0v) is 5.94. The van der Waals surface area contributed by atoms with Gasteiger partial charge in [0.25, 0.3) is 0 Å². The first-order valence-electron chi connectivity index (χ1n) is 3.14. The molecule has 60 valence electrons. The lowest BCUT2D eigenvalue weighted by atomic mass is 10.2. The molecule has 0 aliphatic heterocycles. The molecule has 4 N–H and O–H groups in total. The molecule has 0 amide bonds. The molecule has 0 saturated heterocycles. The highest BCUT2D eigenvalue weighted by atomic mass is 16.8. The van der Waals surface area contributed by atoms with Gasteiger partial charge in [0.2, 0.25) is 6.29 Å². The normalized spacial score (nSPS) is 10.5. The number of nitrogens with two attached hydrogens (primary N) is 2. The highest BCUT2D eigenvalue weighted by Crippen LogP contribution is 2.13. The van der Waals surface area contributed by atoms with Gasteiger partial charge in [-0.2, -0.15) is 0 Å². The van der Waals surface area contributed by atoms with Crippen molar-refractivity contribution in [1.29, 1.82) is 0 Å². The first kappa shape index (κ1) is 8.16. The van der Waals surface area contributed by atoms with Crippen molar-refractivity contribution < 1.29 is 9.68 Å². The van der Waals surface area contributed by atoms with Gasteiger partial charge in [-0.25, -0.2) is 11.8 Å². The predicted molar refractivity (Wildman–Crippen MR) is 39.7 cm³/mol. The summed E-state index contributed by atoms with van der Waals surface area (Å²) >= 11 is 0. The fraction of sp³-hybridized carbons (Fsp3) is 0.143. The molecular formula is C7H10N2O2. The Morgan fingerprint density at radius 3 is 2.00 bits per heavy atom. The maximum absolute atomic E-state index is 4.91. The zero-order chi connectivity index (χ0) is 8.10. The summed E-state index contributed by atoms with van der Waals surface area (Å²) < 4.78 is 0. The van der Waals surface area contributed by atoms with Gasteiger partial charge in [-0.1, -0.05) is 30.3 Å². The lowest BCUT2D eigenvalue weighted by Crippen LogP contribution is -2.16. The van der Waals surface area contributed by atoms with Crippen molar-refractivity contribution in [3.8, 4) is 0 Å². The quantitative estimate of drug-likeness (QED) is 0.490. The molecule has 0 unspecified atom stereocenters. The van der Waals surface area contributed by atoms with E-state index in [2.05, 4.69) is 9.68 Å². The van der Waals surface area contributed by atoms with Crippen LogP contribution in [0.4, 0.5) is 0 Å². The Labute approximate surface area is 64.6 Å². The minimum Gasteiger partial charge on any atom is -0.266 e. The van der Waals surface area contributed by atoms with Gasteiger partial charge in [-0.05, 0) is 0 Å². The molecule has 0 saturated carbocycles. The monoisotopic (exact) mass is 154 g/mol. The SMILES string of the molecule is NOC(ON)c1ccccc1. The maximum Gasteiger partial charge on any atom is 0.221 e. The van der Waals surface area contributed by atoms with Gasteiger partial charge in [0.1, 0.15) is 0 Å². The Bertz CT molecular complexity index is 199. The van der Waals surface area contributed by atoms with E-state index >= 15 is 0 Å². The van der Waals surface area contributed by atoms with E-state index in [0.717, 1.165) is 5.56 Å². The molecule has 0 fully saturated rings. The topological polar surface area (TPSA) is 70.5 Å². The van der Waals surface area contributed by atoms with Gasteiger partial charge >= 0.3 is 0 Å². The van der Waals surface area contributed by atoms with Crippen LogP contribution in [0.25, 0.3) is 0 Å². The minimum absolute atomic E-state index is 0.684. The minimum atomic E-state index is -0.684. The Kier molecular flexibility index (Phi) is 3.00. The summed E-state index contributed by atoms with van der Waals surface area (Å²) in [5, 5.41) is 0. The van der Waals surface area contributed by atoms with Gasteiger partial charge in [-0.15, -0.1) is 0 Å². The third kappa shape index (κ3) is 1.99. The molecule has 1 rings (SSSR count). The van der Waals surface area contributed by atoms with Crippen LogP contribution in [-0.2, 0) is 9.68 Å².